The maximum Gasteiger partial charge on any atom is 0.326 e. The van der Waals surface area contributed by atoms with Crippen molar-refractivity contribution in [3.63, 3.8) is 0 Å². The largest absolute Gasteiger partial charge is 0.480 e. The van der Waals surface area contributed by atoms with Gasteiger partial charge < -0.3 is 15.1 Å². The van der Waals surface area contributed by atoms with Gasteiger partial charge >= 0.3 is 5.97 Å². The lowest BCUT2D eigenvalue weighted by Gasteiger charge is -2.24. The van der Waals surface area contributed by atoms with Crippen molar-refractivity contribution in [3.8, 4) is 6.07 Å². The van der Waals surface area contributed by atoms with Crippen LogP contribution < -0.4 is 4.90 Å². The number of anilines is 1. The number of hydrogen-bond donors (Lipinski definition) is 2. The Morgan fingerprint density at radius 1 is 1.56 bits per heavy atom. The predicted octanol–water partition coefficient (Wildman–Crippen LogP) is 0.891. The number of aliphatic carboxylic acids is 1. The van der Waals surface area contributed by atoms with Gasteiger partial charge in [0.15, 0.2) is 0 Å². The lowest BCUT2D eigenvalue weighted by Crippen LogP contribution is -2.36. The Hall–Kier alpha value is -2.06. The van der Waals surface area contributed by atoms with Crippen LogP contribution in [0.1, 0.15) is 17.5 Å². The highest BCUT2D eigenvalue weighted by Gasteiger charge is 2.36. The molecule has 2 unspecified atom stereocenters. The highest BCUT2D eigenvalue weighted by atomic mass is 16.4. The molecule has 1 heterocycles. The number of hydrogen-bond acceptors (Lipinski definition) is 4. The van der Waals surface area contributed by atoms with E-state index in [1.165, 1.54) is 0 Å². The summed E-state index contributed by atoms with van der Waals surface area (Å²) >= 11 is 0. The molecule has 1 aliphatic rings. The topological polar surface area (TPSA) is 84.6 Å². The molecule has 1 aliphatic heterocycles. The van der Waals surface area contributed by atoms with E-state index < -0.39 is 18.1 Å². The van der Waals surface area contributed by atoms with Gasteiger partial charge in [-0.15, -0.1) is 0 Å². The lowest BCUT2D eigenvalue weighted by atomic mass is 10.1. The number of carbonyl (C=O) groups is 1. The van der Waals surface area contributed by atoms with E-state index in [1.54, 1.807) is 17.0 Å². The molecule has 18 heavy (non-hydrogen) atoms. The number of aliphatic hydroxyl groups is 1. The van der Waals surface area contributed by atoms with Crippen LogP contribution in [0.5, 0.6) is 0 Å². The van der Waals surface area contributed by atoms with Crippen molar-refractivity contribution < 1.29 is 15.0 Å². The molecule has 0 radical (unpaired) electrons. The summed E-state index contributed by atoms with van der Waals surface area (Å²) in [6.07, 6.45) is -0.479. The minimum Gasteiger partial charge on any atom is -0.480 e. The van der Waals surface area contributed by atoms with Gasteiger partial charge in [-0.05, 0) is 24.6 Å². The zero-order chi connectivity index (χ0) is 13.3. The molecular weight excluding hydrogens is 232 g/mol. The van der Waals surface area contributed by atoms with Crippen molar-refractivity contribution in [2.45, 2.75) is 25.5 Å². The van der Waals surface area contributed by atoms with Crippen LogP contribution in [0.25, 0.3) is 0 Å². The van der Waals surface area contributed by atoms with Gasteiger partial charge in [0.25, 0.3) is 0 Å². The molecule has 1 saturated heterocycles. The van der Waals surface area contributed by atoms with Crippen LogP contribution >= 0.6 is 0 Å². The Morgan fingerprint density at radius 3 is 2.89 bits per heavy atom. The standard InChI is InChI=1S/C13H14N2O3/c1-8-2-3-11(9(4-8)6-14)15-7-10(16)5-12(15)13(17)18/h2-4,10,12,16H,5,7H2,1H3,(H,17,18). The number of β-amino-alcohol motifs (C(OH)–C–C–N with tert-alkyl or cyclic N) is 1. The minimum atomic E-state index is -0.976. The van der Waals surface area contributed by atoms with Gasteiger partial charge in [0.05, 0.1) is 17.4 Å². The Kier molecular flexibility index (Phi) is 3.21. The second kappa shape index (κ2) is 4.67. The van der Waals surface area contributed by atoms with E-state index in [2.05, 4.69) is 6.07 Å². The molecule has 1 fully saturated rings. The first-order valence-corrected chi connectivity index (χ1v) is 5.71. The number of aliphatic hydroxyl groups excluding tert-OH is 1. The first-order valence-electron chi connectivity index (χ1n) is 5.71. The third kappa shape index (κ3) is 2.15. The smallest absolute Gasteiger partial charge is 0.326 e. The fourth-order valence-corrected chi connectivity index (χ4v) is 2.30. The van der Waals surface area contributed by atoms with Crippen LogP contribution in [0.4, 0.5) is 5.69 Å². The van der Waals surface area contributed by atoms with E-state index in [9.17, 15) is 9.90 Å². The van der Waals surface area contributed by atoms with Crippen LogP contribution in [-0.4, -0.2) is 34.9 Å². The van der Waals surface area contributed by atoms with Crippen LogP contribution in [0.2, 0.25) is 0 Å². The molecule has 94 valence electrons. The monoisotopic (exact) mass is 246 g/mol. The summed E-state index contributed by atoms with van der Waals surface area (Å²) in [5, 5.41) is 27.9. The second-order valence-electron chi connectivity index (χ2n) is 4.53. The molecule has 2 atom stereocenters. The number of carboxylic acid groups (broad SMARTS) is 1. The van der Waals surface area contributed by atoms with Crippen LogP contribution in [0, 0.1) is 18.3 Å². The molecule has 1 aromatic carbocycles. The van der Waals surface area contributed by atoms with Crippen molar-refractivity contribution in [1.82, 2.24) is 0 Å². The van der Waals surface area contributed by atoms with Gasteiger partial charge in [-0.3, -0.25) is 0 Å². The van der Waals surface area contributed by atoms with E-state index in [-0.39, 0.29) is 13.0 Å². The molecule has 5 nitrogen and oxygen atoms in total. The van der Waals surface area contributed by atoms with Gasteiger partial charge in [0.1, 0.15) is 12.1 Å². The van der Waals surface area contributed by atoms with Gasteiger partial charge in [0, 0.05) is 13.0 Å². The highest BCUT2D eigenvalue weighted by Crippen LogP contribution is 2.29. The summed E-state index contributed by atoms with van der Waals surface area (Å²) in [5.74, 6) is -0.976. The predicted molar refractivity (Wildman–Crippen MR) is 65.3 cm³/mol. The third-order valence-corrected chi connectivity index (χ3v) is 3.15. The molecular formula is C13H14N2O3. The molecule has 0 spiro atoms. The molecule has 2 N–H and O–H groups in total. The van der Waals surface area contributed by atoms with Crippen LogP contribution in [-0.2, 0) is 4.79 Å². The zero-order valence-corrected chi connectivity index (χ0v) is 10.00. The van der Waals surface area contributed by atoms with Crippen LogP contribution in [0.3, 0.4) is 0 Å². The molecule has 0 bridgehead atoms. The molecule has 1 aromatic rings. The van der Waals surface area contributed by atoms with E-state index >= 15 is 0 Å². The van der Waals surface area contributed by atoms with Crippen molar-refractivity contribution >= 4 is 11.7 Å². The van der Waals surface area contributed by atoms with Crippen molar-refractivity contribution in [3.05, 3.63) is 29.3 Å². The molecule has 0 aromatic heterocycles. The van der Waals surface area contributed by atoms with Crippen molar-refractivity contribution in [1.29, 1.82) is 5.26 Å². The van der Waals surface area contributed by atoms with E-state index in [0.717, 1.165) is 5.56 Å². The average molecular weight is 246 g/mol. The molecule has 0 aliphatic carbocycles. The summed E-state index contributed by atoms with van der Waals surface area (Å²) in [5.41, 5.74) is 1.96. The Balaban J connectivity index is 2.42. The lowest BCUT2D eigenvalue weighted by molar-refractivity contribution is -0.138. The van der Waals surface area contributed by atoms with Gasteiger partial charge in [0.2, 0.25) is 0 Å². The Bertz CT molecular complexity index is 521. The number of carboxylic acids is 1. The summed E-state index contributed by atoms with van der Waals surface area (Å²) in [4.78, 5) is 12.8. The zero-order valence-electron chi connectivity index (χ0n) is 10.00. The van der Waals surface area contributed by atoms with Gasteiger partial charge in [-0.1, -0.05) is 6.07 Å². The Morgan fingerprint density at radius 2 is 2.28 bits per heavy atom. The van der Waals surface area contributed by atoms with E-state index in [1.807, 2.05) is 13.0 Å². The molecule has 0 amide bonds. The number of nitriles is 1. The normalized spacial score (nSPS) is 22.8. The fourth-order valence-electron chi connectivity index (χ4n) is 2.30. The van der Waals surface area contributed by atoms with Crippen LogP contribution in [0.15, 0.2) is 18.2 Å². The second-order valence-corrected chi connectivity index (χ2v) is 4.53. The minimum absolute atomic E-state index is 0.189. The molecule has 0 saturated carbocycles. The first-order chi connectivity index (χ1) is 8.52. The number of benzene rings is 1. The van der Waals surface area contributed by atoms with Crippen molar-refractivity contribution in [2.75, 3.05) is 11.4 Å². The summed E-state index contributed by atoms with van der Waals surface area (Å²) in [7, 11) is 0. The average Bonchev–Trinajstić information content (AvgIpc) is 2.71. The quantitative estimate of drug-likeness (QED) is 0.809. The summed E-state index contributed by atoms with van der Waals surface area (Å²) < 4.78 is 0. The van der Waals surface area contributed by atoms with Crippen molar-refractivity contribution in [2.24, 2.45) is 0 Å². The summed E-state index contributed by atoms with van der Waals surface area (Å²) in [6, 6.07) is 6.59. The van der Waals surface area contributed by atoms with E-state index in [4.69, 9.17) is 10.4 Å². The maximum atomic E-state index is 11.2. The van der Waals surface area contributed by atoms with Gasteiger partial charge in [-0.25, -0.2) is 4.79 Å². The number of nitrogens with zero attached hydrogens (tertiary/aromatic N) is 2. The molecule has 5 heteroatoms. The first kappa shape index (κ1) is 12.4. The summed E-state index contributed by atoms with van der Waals surface area (Å²) in [6.45, 7) is 2.12. The number of rotatable bonds is 2. The van der Waals surface area contributed by atoms with E-state index in [0.29, 0.717) is 11.3 Å². The SMILES string of the molecule is Cc1ccc(N2CC(O)CC2C(=O)O)c(C#N)c1. The Labute approximate surface area is 105 Å². The molecule has 2 rings (SSSR count). The van der Waals surface area contributed by atoms with Gasteiger partial charge in [-0.2, -0.15) is 5.26 Å². The third-order valence-electron chi connectivity index (χ3n) is 3.15. The fraction of sp³-hybridized carbons (Fsp3) is 0.385. The highest BCUT2D eigenvalue weighted by molar-refractivity contribution is 5.80. The maximum absolute atomic E-state index is 11.2. The number of aryl methyl sites for hydroxylation is 1.